The first-order valence-electron chi connectivity index (χ1n) is 4.81. The fourth-order valence-corrected chi connectivity index (χ4v) is 1.72. The van der Waals surface area contributed by atoms with Gasteiger partial charge in [0, 0.05) is 12.1 Å². The number of nitrogens with zero attached hydrogens (tertiary/aromatic N) is 2. The zero-order valence-corrected chi connectivity index (χ0v) is 8.77. The van der Waals surface area contributed by atoms with Crippen molar-refractivity contribution >= 4 is 23.2 Å². The highest BCUT2D eigenvalue weighted by Gasteiger charge is 2.14. The van der Waals surface area contributed by atoms with Gasteiger partial charge in [0.15, 0.2) is 0 Å². The molecule has 2 heteroatoms. The van der Waals surface area contributed by atoms with Crippen molar-refractivity contribution in [3.8, 4) is 0 Å². The van der Waals surface area contributed by atoms with E-state index in [1.165, 1.54) is 0 Å². The van der Waals surface area contributed by atoms with Gasteiger partial charge in [-0.1, -0.05) is 25.3 Å². The van der Waals surface area contributed by atoms with Crippen molar-refractivity contribution in [2.24, 2.45) is 7.05 Å². The summed E-state index contributed by atoms with van der Waals surface area (Å²) in [4.78, 5) is 4.52. The molecule has 0 spiro atoms. The summed E-state index contributed by atoms with van der Waals surface area (Å²) in [7, 11) is 2.01. The summed E-state index contributed by atoms with van der Waals surface area (Å²) in [6.07, 6.45) is 3.56. The van der Waals surface area contributed by atoms with Gasteiger partial charge >= 0.3 is 0 Å². The van der Waals surface area contributed by atoms with Gasteiger partial charge in [-0.05, 0) is 12.1 Å². The van der Waals surface area contributed by atoms with E-state index in [4.69, 9.17) is 0 Å². The lowest BCUT2D eigenvalue weighted by Crippen LogP contribution is -2.34. The molecule has 74 valence electrons. The highest BCUT2D eigenvalue weighted by molar-refractivity contribution is 5.73. The zero-order chi connectivity index (χ0) is 10.8. The van der Waals surface area contributed by atoms with E-state index in [1.54, 1.807) is 12.2 Å². The van der Waals surface area contributed by atoms with Crippen molar-refractivity contribution in [1.82, 2.24) is 4.98 Å². The Balaban J connectivity index is 2.93. The number of fused-ring (bicyclic) bond motifs is 1. The van der Waals surface area contributed by atoms with Crippen LogP contribution in [-0.2, 0) is 7.05 Å². The van der Waals surface area contributed by atoms with Crippen molar-refractivity contribution in [1.29, 1.82) is 0 Å². The topological polar surface area (TPSA) is 16.8 Å². The Bertz CT molecular complexity index is 541. The molecule has 1 heterocycles. The molecular weight excluding hydrogens is 184 g/mol. The molecule has 0 radical (unpaired) electrons. The summed E-state index contributed by atoms with van der Waals surface area (Å²) >= 11 is 0. The minimum Gasteiger partial charge on any atom is -0.235 e. The second-order valence-corrected chi connectivity index (χ2v) is 3.34. The number of rotatable bonds is 2. The molecule has 0 aliphatic carbocycles. The first-order chi connectivity index (χ1) is 7.27. The third-order valence-electron chi connectivity index (χ3n) is 2.49. The smallest absolute Gasteiger partial charge is 0.231 e. The minimum atomic E-state index is 0.867. The minimum absolute atomic E-state index is 0.867. The monoisotopic (exact) mass is 197 g/mol. The van der Waals surface area contributed by atoms with Crippen molar-refractivity contribution in [3.05, 3.63) is 48.8 Å². The van der Waals surface area contributed by atoms with Crippen LogP contribution >= 0.6 is 0 Å². The molecule has 15 heavy (non-hydrogen) atoms. The second-order valence-electron chi connectivity index (χ2n) is 3.34. The lowest BCUT2D eigenvalue weighted by molar-refractivity contribution is -0.647. The lowest BCUT2D eigenvalue weighted by Gasteiger charge is -2.02. The largest absolute Gasteiger partial charge is 0.235 e. The first kappa shape index (κ1) is 9.59. The van der Waals surface area contributed by atoms with Crippen LogP contribution in [0.4, 0.5) is 0 Å². The van der Waals surface area contributed by atoms with Crippen molar-refractivity contribution in [2.45, 2.75) is 0 Å². The van der Waals surface area contributed by atoms with Crippen LogP contribution in [-0.4, -0.2) is 4.98 Å². The molecule has 2 rings (SSSR count). The van der Waals surface area contributed by atoms with Crippen molar-refractivity contribution in [2.75, 3.05) is 0 Å². The van der Waals surface area contributed by atoms with Crippen LogP contribution in [0, 0.1) is 0 Å². The van der Waals surface area contributed by atoms with Gasteiger partial charge in [0.25, 0.3) is 0 Å². The van der Waals surface area contributed by atoms with Crippen LogP contribution < -0.4 is 4.57 Å². The van der Waals surface area contributed by atoms with Gasteiger partial charge in [0.2, 0.25) is 11.2 Å². The Hall–Kier alpha value is -1.96. The van der Waals surface area contributed by atoms with Crippen LogP contribution in [0.2, 0.25) is 0 Å². The molecule has 0 atom stereocenters. The molecule has 0 fully saturated rings. The van der Waals surface area contributed by atoms with Gasteiger partial charge in [-0.25, -0.2) is 4.98 Å². The van der Waals surface area contributed by atoms with Crippen LogP contribution in [0.25, 0.3) is 23.2 Å². The van der Waals surface area contributed by atoms with Gasteiger partial charge in [0.1, 0.15) is 18.3 Å². The summed E-state index contributed by atoms with van der Waals surface area (Å²) in [5.41, 5.74) is 3.92. The average Bonchev–Trinajstić information content (AvgIpc) is 2.29. The van der Waals surface area contributed by atoms with Gasteiger partial charge in [0.05, 0.1) is 0 Å². The fraction of sp³-hybridized carbons (Fsp3) is 0.0769. The van der Waals surface area contributed by atoms with E-state index >= 15 is 0 Å². The lowest BCUT2D eigenvalue weighted by atomic mass is 10.2. The van der Waals surface area contributed by atoms with E-state index in [0.29, 0.717) is 0 Å². The Labute approximate surface area is 89.2 Å². The van der Waals surface area contributed by atoms with Crippen molar-refractivity contribution in [3.63, 3.8) is 0 Å². The number of hydrogen-bond donors (Lipinski definition) is 0. The average molecular weight is 197 g/mol. The highest BCUT2D eigenvalue weighted by atomic mass is 15.0. The third kappa shape index (κ3) is 1.44. The quantitative estimate of drug-likeness (QED) is 0.675. The molecule has 1 aromatic carbocycles. The zero-order valence-electron chi connectivity index (χ0n) is 8.77. The van der Waals surface area contributed by atoms with Gasteiger partial charge in [-0.3, -0.25) is 0 Å². The molecule has 0 amide bonds. The predicted octanol–water partition coefficient (Wildman–Crippen LogP) is 2.35. The van der Waals surface area contributed by atoms with E-state index in [1.807, 2.05) is 31.3 Å². The molecule has 0 saturated carbocycles. The van der Waals surface area contributed by atoms with E-state index in [0.717, 1.165) is 22.4 Å². The number of aryl methyl sites for hydroxylation is 1. The molecule has 0 unspecified atom stereocenters. The van der Waals surface area contributed by atoms with Crippen LogP contribution in [0.5, 0.6) is 0 Å². The van der Waals surface area contributed by atoms with E-state index < -0.39 is 0 Å². The molecule has 0 saturated heterocycles. The summed E-state index contributed by atoms with van der Waals surface area (Å²) in [6, 6.07) is 8.03. The molecule has 0 N–H and O–H groups in total. The van der Waals surface area contributed by atoms with Gasteiger partial charge < -0.3 is 0 Å². The molecule has 2 aromatic rings. The second kappa shape index (κ2) is 3.65. The molecule has 2 nitrogen and oxygen atoms in total. The molecule has 0 bridgehead atoms. The Morgan fingerprint density at radius 1 is 1.20 bits per heavy atom. The number of para-hydroxylation sites is 2. The SMILES string of the molecule is C=Cc1nc2ccccc2[n+](C)c1C=C. The Morgan fingerprint density at radius 3 is 2.60 bits per heavy atom. The van der Waals surface area contributed by atoms with Crippen LogP contribution in [0.1, 0.15) is 11.4 Å². The molecule has 0 aliphatic rings. The van der Waals surface area contributed by atoms with Gasteiger partial charge in [-0.2, -0.15) is 4.57 Å². The number of benzene rings is 1. The molecule has 0 aliphatic heterocycles. The predicted molar refractivity (Wildman–Crippen MR) is 63.1 cm³/mol. The standard InChI is InChI=1S/C13H13N2/c1-4-10-12(5-2)15(3)13-9-7-6-8-11(13)14-10/h4-9H,1-2H2,3H3/q+1. The van der Waals surface area contributed by atoms with E-state index in [9.17, 15) is 0 Å². The van der Waals surface area contributed by atoms with Crippen LogP contribution in [0.15, 0.2) is 37.4 Å². The summed E-state index contributed by atoms with van der Waals surface area (Å²) in [5, 5.41) is 0. The maximum absolute atomic E-state index is 4.52. The normalized spacial score (nSPS) is 10.2. The number of hydrogen-bond acceptors (Lipinski definition) is 1. The summed E-state index contributed by atoms with van der Waals surface area (Å²) in [5.74, 6) is 0. The number of aromatic nitrogens is 2. The highest BCUT2D eigenvalue weighted by Crippen LogP contribution is 2.12. The molecular formula is C13H13N2+. The Morgan fingerprint density at radius 2 is 1.93 bits per heavy atom. The first-order valence-corrected chi connectivity index (χ1v) is 4.81. The van der Waals surface area contributed by atoms with Gasteiger partial charge in [-0.15, -0.1) is 0 Å². The maximum Gasteiger partial charge on any atom is 0.231 e. The summed E-state index contributed by atoms with van der Waals surface area (Å²) < 4.78 is 2.08. The fourth-order valence-electron chi connectivity index (χ4n) is 1.72. The van der Waals surface area contributed by atoms with Crippen LogP contribution in [0.3, 0.4) is 0 Å². The van der Waals surface area contributed by atoms with E-state index in [2.05, 4.69) is 22.7 Å². The Kier molecular flexibility index (Phi) is 2.34. The maximum atomic E-state index is 4.52. The molecule has 1 aromatic heterocycles. The summed E-state index contributed by atoms with van der Waals surface area (Å²) in [6.45, 7) is 7.56. The third-order valence-corrected chi connectivity index (χ3v) is 2.49. The van der Waals surface area contributed by atoms with Crippen molar-refractivity contribution < 1.29 is 4.57 Å². The van der Waals surface area contributed by atoms with E-state index in [-0.39, 0.29) is 0 Å².